The molecule has 124 valence electrons. The number of halogens is 2. The van der Waals surface area contributed by atoms with Crippen LogP contribution in [0.15, 0.2) is 57.5 Å². The summed E-state index contributed by atoms with van der Waals surface area (Å²) in [7, 11) is 0. The molecule has 0 atom stereocenters. The molecule has 2 aromatic rings. The number of carbonyl (C=O) groups excluding carboxylic acids is 3. The van der Waals surface area contributed by atoms with Crippen LogP contribution in [0.1, 0.15) is 46.4 Å². The van der Waals surface area contributed by atoms with E-state index >= 15 is 0 Å². The maximum absolute atomic E-state index is 12.0. The highest BCUT2D eigenvalue weighted by Crippen LogP contribution is 2.15. The summed E-state index contributed by atoms with van der Waals surface area (Å²) in [6.07, 6.45) is 0.685. The van der Waals surface area contributed by atoms with Gasteiger partial charge in [0.1, 0.15) is 5.78 Å². The van der Waals surface area contributed by atoms with Crippen LogP contribution in [-0.4, -0.2) is 17.3 Å². The van der Waals surface area contributed by atoms with Gasteiger partial charge in [-0.1, -0.05) is 56.1 Å². The van der Waals surface area contributed by atoms with Crippen molar-refractivity contribution in [3.05, 3.63) is 68.6 Å². The maximum Gasteiger partial charge on any atom is 0.163 e. The maximum atomic E-state index is 12.0. The third-order valence-corrected chi connectivity index (χ3v) is 4.65. The molecule has 0 bridgehead atoms. The van der Waals surface area contributed by atoms with Gasteiger partial charge in [-0.15, -0.1) is 0 Å². The van der Waals surface area contributed by atoms with Crippen molar-refractivity contribution in [3.8, 4) is 0 Å². The summed E-state index contributed by atoms with van der Waals surface area (Å²) in [5.41, 5.74) is 1.19. The van der Waals surface area contributed by atoms with Gasteiger partial charge in [0.2, 0.25) is 0 Å². The Balaban J connectivity index is 1.77. The lowest BCUT2D eigenvalue weighted by molar-refractivity contribution is -0.119. The summed E-state index contributed by atoms with van der Waals surface area (Å²) in [4.78, 5) is 35.9. The zero-order valence-electron chi connectivity index (χ0n) is 12.9. The van der Waals surface area contributed by atoms with Gasteiger partial charge < -0.3 is 0 Å². The van der Waals surface area contributed by atoms with E-state index < -0.39 is 0 Å². The fourth-order valence-electron chi connectivity index (χ4n) is 2.19. The second kappa shape index (κ2) is 9.04. The van der Waals surface area contributed by atoms with Crippen LogP contribution in [-0.2, 0) is 4.79 Å². The van der Waals surface area contributed by atoms with E-state index in [0.29, 0.717) is 11.1 Å². The largest absolute Gasteiger partial charge is 0.300 e. The average Bonchev–Trinajstić information content (AvgIpc) is 2.58. The summed E-state index contributed by atoms with van der Waals surface area (Å²) in [6, 6.07) is 14.1. The van der Waals surface area contributed by atoms with Gasteiger partial charge in [0, 0.05) is 45.8 Å². The molecule has 5 heteroatoms. The van der Waals surface area contributed by atoms with Crippen molar-refractivity contribution < 1.29 is 14.4 Å². The molecule has 3 nitrogen and oxygen atoms in total. The number of carbonyl (C=O) groups is 3. The van der Waals surface area contributed by atoms with E-state index in [1.54, 1.807) is 48.5 Å². The zero-order chi connectivity index (χ0) is 17.5. The number of hydrogen-bond donors (Lipinski definition) is 0. The second-order valence-corrected chi connectivity index (χ2v) is 7.23. The molecule has 0 saturated heterocycles. The lowest BCUT2D eigenvalue weighted by Gasteiger charge is -2.03. The van der Waals surface area contributed by atoms with Crippen molar-refractivity contribution in [3.63, 3.8) is 0 Å². The van der Waals surface area contributed by atoms with Gasteiger partial charge in [-0.3, -0.25) is 14.4 Å². The number of benzene rings is 2. The molecule has 2 rings (SSSR count). The topological polar surface area (TPSA) is 51.2 Å². The molecule has 2 aromatic carbocycles. The average molecular weight is 452 g/mol. The Morgan fingerprint density at radius 1 is 0.583 bits per heavy atom. The highest BCUT2D eigenvalue weighted by molar-refractivity contribution is 9.10. The third-order valence-electron chi connectivity index (χ3n) is 3.59. The van der Waals surface area contributed by atoms with E-state index in [0.717, 1.165) is 8.95 Å². The van der Waals surface area contributed by atoms with Gasteiger partial charge in [-0.2, -0.15) is 0 Å². The number of Topliss-reactive ketones (excluding diaryl/α,β-unsaturated/α-hetero) is 3. The van der Waals surface area contributed by atoms with Crippen molar-refractivity contribution in [2.45, 2.75) is 25.7 Å². The molecular formula is C19H16Br2O3. The molecule has 0 fully saturated rings. The van der Waals surface area contributed by atoms with Crippen LogP contribution in [0, 0.1) is 0 Å². The number of hydrogen-bond acceptors (Lipinski definition) is 3. The quantitative estimate of drug-likeness (QED) is 0.504. The van der Waals surface area contributed by atoms with Gasteiger partial charge in [-0.25, -0.2) is 0 Å². The predicted octanol–water partition coefficient (Wildman–Crippen LogP) is 5.41. The summed E-state index contributed by atoms with van der Waals surface area (Å²) in [6.45, 7) is 0. The van der Waals surface area contributed by atoms with Gasteiger partial charge in [0.15, 0.2) is 11.6 Å². The van der Waals surface area contributed by atoms with Gasteiger partial charge in [-0.05, 0) is 24.3 Å². The van der Waals surface area contributed by atoms with Crippen LogP contribution >= 0.6 is 31.9 Å². The van der Waals surface area contributed by atoms with Gasteiger partial charge in [0.05, 0.1) is 0 Å². The van der Waals surface area contributed by atoms with Crippen LogP contribution in [0.4, 0.5) is 0 Å². The first kappa shape index (κ1) is 18.7. The molecular weight excluding hydrogens is 436 g/mol. The summed E-state index contributed by atoms with van der Waals surface area (Å²) in [5.74, 6) is -0.184. The van der Waals surface area contributed by atoms with E-state index in [4.69, 9.17) is 0 Å². The monoisotopic (exact) mass is 450 g/mol. The Labute approximate surface area is 157 Å². The Kier molecular flexibility index (Phi) is 7.06. The molecule has 0 aliphatic carbocycles. The van der Waals surface area contributed by atoms with E-state index in [2.05, 4.69) is 31.9 Å². The minimum atomic E-state index is -0.0640. The Morgan fingerprint density at radius 3 is 1.25 bits per heavy atom. The standard InChI is InChI=1S/C19H16Br2O3/c20-15-5-1-13(2-6-15)18(23)11-9-17(22)10-12-19(24)14-3-7-16(21)8-4-14/h1-8H,9-12H2. The molecule has 0 heterocycles. The van der Waals surface area contributed by atoms with Crippen molar-refractivity contribution >= 4 is 49.2 Å². The SMILES string of the molecule is O=C(CCC(=O)c1ccc(Br)cc1)CCC(=O)c1ccc(Br)cc1. The summed E-state index contributed by atoms with van der Waals surface area (Å²) >= 11 is 6.63. The molecule has 0 N–H and O–H groups in total. The van der Waals surface area contributed by atoms with Crippen LogP contribution in [0.25, 0.3) is 0 Å². The minimum absolute atomic E-state index is 0.0601. The predicted molar refractivity (Wildman–Crippen MR) is 100 cm³/mol. The first-order valence-electron chi connectivity index (χ1n) is 7.55. The number of rotatable bonds is 8. The molecule has 0 aromatic heterocycles. The fraction of sp³-hybridized carbons (Fsp3) is 0.211. The van der Waals surface area contributed by atoms with E-state index in [-0.39, 0.29) is 43.0 Å². The fourth-order valence-corrected chi connectivity index (χ4v) is 2.72. The Bertz CT molecular complexity index is 671. The summed E-state index contributed by atoms with van der Waals surface area (Å²) in [5, 5.41) is 0. The molecule has 0 aliphatic rings. The molecule has 0 saturated carbocycles. The van der Waals surface area contributed by atoms with Gasteiger partial charge in [0.25, 0.3) is 0 Å². The van der Waals surface area contributed by atoms with Gasteiger partial charge >= 0.3 is 0 Å². The minimum Gasteiger partial charge on any atom is -0.300 e. The Hall–Kier alpha value is -1.59. The van der Waals surface area contributed by atoms with Crippen molar-refractivity contribution in [1.29, 1.82) is 0 Å². The molecule has 0 radical (unpaired) electrons. The van der Waals surface area contributed by atoms with Crippen molar-refractivity contribution in [2.24, 2.45) is 0 Å². The zero-order valence-corrected chi connectivity index (χ0v) is 16.1. The van der Waals surface area contributed by atoms with E-state index in [1.807, 2.05) is 0 Å². The first-order chi connectivity index (χ1) is 11.5. The lowest BCUT2D eigenvalue weighted by Crippen LogP contribution is -2.07. The Morgan fingerprint density at radius 2 is 0.917 bits per heavy atom. The van der Waals surface area contributed by atoms with Crippen LogP contribution < -0.4 is 0 Å². The summed E-state index contributed by atoms with van der Waals surface area (Å²) < 4.78 is 1.81. The highest BCUT2D eigenvalue weighted by atomic mass is 79.9. The third kappa shape index (κ3) is 5.80. The van der Waals surface area contributed by atoms with E-state index in [9.17, 15) is 14.4 Å². The molecule has 0 spiro atoms. The van der Waals surface area contributed by atoms with Crippen LogP contribution in [0.2, 0.25) is 0 Å². The molecule has 0 unspecified atom stereocenters. The first-order valence-corrected chi connectivity index (χ1v) is 9.13. The van der Waals surface area contributed by atoms with Crippen molar-refractivity contribution in [1.82, 2.24) is 0 Å². The number of ketones is 3. The second-order valence-electron chi connectivity index (χ2n) is 5.40. The highest BCUT2D eigenvalue weighted by Gasteiger charge is 2.12. The molecule has 0 amide bonds. The molecule has 0 aliphatic heterocycles. The normalized spacial score (nSPS) is 10.4. The van der Waals surface area contributed by atoms with Crippen LogP contribution in [0.3, 0.4) is 0 Å². The lowest BCUT2D eigenvalue weighted by atomic mass is 10.0. The van der Waals surface area contributed by atoms with Crippen LogP contribution in [0.5, 0.6) is 0 Å². The van der Waals surface area contributed by atoms with E-state index in [1.165, 1.54) is 0 Å². The van der Waals surface area contributed by atoms with Crippen molar-refractivity contribution in [2.75, 3.05) is 0 Å². The smallest absolute Gasteiger partial charge is 0.163 e. The molecule has 24 heavy (non-hydrogen) atoms.